The maximum Gasteiger partial charge on any atom is 0.267 e. The summed E-state index contributed by atoms with van der Waals surface area (Å²) in [4.78, 5) is 44.6. The molecule has 0 spiro atoms. The van der Waals surface area contributed by atoms with Crippen molar-refractivity contribution in [1.82, 2.24) is 29.1 Å². The standard InChI is InChI=1S/C38H35ClF2N8O4S2/c1-4-48(25-10-14-47(15-11-25)26-17-38(40,41)18-26)35-29(19-42)32-31(20-44-35)45-22(2)49(37(32)51)13-5-6-23-7-8-24(39)16-28(23)27-9-12-43-33-30(21-54-34(27)33)36(50)46-55(3,52)53/h7-9,12,16,20-21,25-26H,4,10-11,13-15,17-18H2,1-3H3,(H,46,50). The lowest BCUT2D eigenvalue weighted by Crippen LogP contribution is -2.55. The lowest BCUT2D eigenvalue weighted by molar-refractivity contribution is -0.127. The average Bonchev–Trinajstić information content (AvgIpc) is 3.57. The number of carbonyl (C=O) groups is 1. The molecule has 0 bridgehead atoms. The van der Waals surface area contributed by atoms with E-state index in [0.717, 1.165) is 19.1 Å². The number of carbonyl (C=O) groups excluding carboxylic acids is 1. The Hall–Kier alpha value is -5.00. The molecule has 1 amide bonds. The molecule has 55 heavy (non-hydrogen) atoms. The van der Waals surface area contributed by atoms with E-state index in [4.69, 9.17) is 11.6 Å². The second-order valence-corrected chi connectivity index (χ2v) is 16.8. The minimum absolute atomic E-state index is 0.0194. The molecule has 2 aliphatic rings. The van der Waals surface area contributed by atoms with Crippen LogP contribution in [0.15, 0.2) is 46.8 Å². The fourth-order valence-electron chi connectivity index (χ4n) is 7.44. The summed E-state index contributed by atoms with van der Waals surface area (Å²) in [6.07, 6.45) is 5.15. The number of hydrogen-bond donors (Lipinski definition) is 1. The number of thiophene rings is 1. The number of anilines is 1. The molecule has 1 saturated heterocycles. The van der Waals surface area contributed by atoms with E-state index in [1.54, 1.807) is 36.6 Å². The molecular formula is C38H35ClF2N8O4S2. The maximum absolute atomic E-state index is 14.1. The van der Waals surface area contributed by atoms with Gasteiger partial charge in [-0.05, 0) is 51.0 Å². The lowest BCUT2D eigenvalue weighted by atomic mass is 9.85. The Morgan fingerprint density at radius 2 is 1.93 bits per heavy atom. The molecule has 5 aromatic rings. The van der Waals surface area contributed by atoms with Crippen LogP contribution in [-0.2, 0) is 16.6 Å². The predicted octanol–water partition coefficient (Wildman–Crippen LogP) is 5.73. The van der Waals surface area contributed by atoms with E-state index in [1.807, 2.05) is 16.5 Å². The summed E-state index contributed by atoms with van der Waals surface area (Å²) in [6.45, 7) is 5.47. The summed E-state index contributed by atoms with van der Waals surface area (Å²) in [7, 11) is -3.79. The van der Waals surface area contributed by atoms with Crippen molar-refractivity contribution in [3.05, 3.63) is 79.9 Å². The second-order valence-electron chi connectivity index (χ2n) is 13.7. The second kappa shape index (κ2) is 14.9. The van der Waals surface area contributed by atoms with E-state index >= 15 is 0 Å². The van der Waals surface area contributed by atoms with Crippen LogP contribution >= 0.6 is 22.9 Å². The molecule has 0 atom stereocenters. The van der Waals surface area contributed by atoms with Gasteiger partial charge >= 0.3 is 0 Å². The van der Waals surface area contributed by atoms with E-state index in [9.17, 15) is 32.0 Å². The molecule has 1 aliphatic carbocycles. The third kappa shape index (κ3) is 7.64. The highest BCUT2D eigenvalue weighted by atomic mass is 35.5. The van der Waals surface area contributed by atoms with Gasteiger partial charge in [-0.3, -0.25) is 24.0 Å². The van der Waals surface area contributed by atoms with Crippen molar-refractivity contribution < 1.29 is 22.0 Å². The fourth-order valence-corrected chi connectivity index (χ4v) is 9.09. The van der Waals surface area contributed by atoms with Crippen LogP contribution < -0.4 is 15.2 Å². The van der Waals surface area contributed by atoms with Crippen molar-refractivity contribution in [1.29, 1.82) is 5.26 Å². The van der Waals surface area contributed by atoms with Gasteiger partial charge in [0.1, 0.15) is 23.3 Å². The van der Waals surface area contributed by atoms with Crippen LogP contribution in [0.5, 0.6) is 0 Å². The highest BCUT2D eigenvalue weighted by Crippen LogP contribution is 2.42. The molecule has 5 heterocycles. The predicted molar refractivity (Wildman–Crippen MR) is 208 cm³/mol. The van der Waals surface area contributed by atoms with Crippen LogP contribution in [0, 0.1) is 30.1 Å². The number of hydrogen-bond acceptors (Lipinski definition) is 11. The van der Waals surface area contributed by atoms with E-state index in [2.05, 4.69) is 37.8 Å². The van der Waals surface area contributed by atoms with Gasteiger partial charge in [-0.2, -0.15) is 5.26 Å². The number of piperidine rings is 1. The van der Waals surface area contributed by atoms with Crippen LogP contribution in [0.1, 0.15) is 59.9 Å². The summed E-state index contributed by atoms with van der Waals surface area (Å²) < 4.78 is 54.5. The Kier molecular flexibility index (Phi) is 10.4. The number of pyridine rings is 2. The first-order valence-corrected chi connectivity index (χ1v) is 20.7. The van der Waals surface area contributed by atoms with Crippen molar-refractivity contribution in [2.24, 2.45) is 0 Å². The molecule has 1 N–H and O–H groups in total. The first-order chi connectivity index (χ1) is 26.2. The Bertz CT molecular complexity index is 2630. The molecular weight excluding hydrogens is 770 g/mol. The molecule has 1 saturated carbocycles. The molecule has 17 heteroatoms. The van der Waals surface area contributed by atoms with Gasteiger partial charge < -0.3 is 4.90 Å². The molecule has 0 unspecified atom stereocenters. The Morgan fingerprint density at radius 3 is 2.60 bits per heavy atom. The number of nitrogens with zero attached hydrogens (tertiary/aromatic N) is 7. The number of sulfonamides is 1. The minimum atomic E-state index is -3.79. The molecule has 284 valence electrons. The molecule has 2 fully saturated rings. The number of amides is 1. The third-order valence-corrected chi connectivity index (χ3v) is 11.9. The molecule has 7 rings (SSSR count). The Labute approximate surface area is 324 Å². The summed E-state index contributed by atoms with van der Waals surface area (Å²) in [5.41, 5.74) is 2.32. The average molecular weight is 805 g/mol. The number of nitriles is 1. The SMILES string of the molecule is CCN(c1ncc2nc(C)n(CC#Cc3ccc(Cl)cc3-c3ccnc4c(C(=O)NS(C)(=O)=O)csc34)c(=O)c2c1C#N)C1CCN(C2CC(F)(F)C2)CC1. The van der Waals surface area contributed by atoms with E-state index in [1.165, 1.54) is 28.3 Å². The smallest absolute Gasteiger partial charge is 0.267 e. The van der Waals surface area contributed by atoms with Gasteiger partial charge in [0.2, 0.25) is 10.0 Å². The van der Waals surface area contributed by atoms with Gasteiger partial charge in [-0.25, -0.2) is 31.9 Å². The highest BCUT2D eigenvalue weighted by Gasteiger charge is 2.48. The number of rotatable bonds is 8. The number of aromatic nitrogens is 4. The van der Waals surface area contributed by atoms with Crippen LogP contribution in [0.3, 0.4) is 0 Å². The van der Waals surface area contributed by atoms with E-state index < -0.39 is 27.4 Å². The van der Waals surface area contributed by atoms with Crippen molar-refractivity contribution in [2.45, 2.75) is 64.1 Å². The molecule has 1 aromatic carbocycles. The number of fused-ring (bicyclic) bond motifs is 2. The van der Waals surface area contributed by atoms with Gasteiger partial charge in [0.25, 0.3) is 17.4 Å². The largest absolute Gasteiger partial charge is 0.353 e. The Balaban J connectivity index is 1.19. The third-order valence-electron chi connectivity index (χ3n) is 10.1. The van der Waals surface area contributed by atoms with Crippen LogP contribution in [0.25, 0.3) is 32.2 Å². The van der Waals surface area contributed by atoms with Crippen molar-refractivity contribution in [2.75, 3.05) is 30.8 Å². The van der Waals surface area contributed by atoms with Crippen molar-refractivity contribution in [3.8, 4) is 29.0 Å². The number of nitrogens with one attached hydrogen (secondary N) is 1. The summed E-state index contributed by atoms with van der Waals surface area (Å²) in [6, 6.07) is 9.05. The zero-order valence-electron chi connectivity index (χ0n) is 30.1. The summed E-state index contributed by atoms with van der Waals surface area (Å²) in [5.74, 6) is 3.64. The summed E-state index contributed by atoms with van der Waals surface area (Å²) in [5, 5.41) is 12.6. The topological polar surface area (TPSA) is 154 Å². The zero-order chi connectivity index (χ0) is 39.2. The van der Waals surface area contributed by atoms with Crippen LogP contribution in [0.4, 0.5) is 14.6 Å². The number of benzene rings is 1. The molecule has 0 radical (unpaired) electrons. The lowest BCUT2D eigenvalue weighted by Gasteiger charge is -2.47. The van der Waals surface area contributed by atoms with Crippen LogP contribution in [0.2, 0.25) is 5.02 Å². The van der Waals surface area contributed by atoms with E-state index in [0.29, 0.717) is 68.7 Å². The monoisotopic (exact) mass is 804 g/mol. The normalized spacial score (nSPS) is 16.3. The Morgan fingerprint density at radius 1 is 1.18 bits per heavy atom. The minimum Gasteiger partial charge on any atom is -0.353 e. The number of halogens is 3. The van der Waals surface area contributed by atoms with Gasteiger partial charge in [-0.15, -0.1) is 11.3 Å². The molecule has 12 nitrogen and oxygen atoms in total. The van der Waals surface area contributed by atoms with Gasteiger partial charge in [0, 0.05) is 77.8 Å². The van der Waals surface area contributed by atoms with Crippen LogP contribution in [-0.4, -0.2) is 82.6 Å². The van der Waals surface area contributed by atoms with Gasteiger partial charge in [0.05, 0.1) is 45.7 Å². The first-order valence-electron chi connectivity index (χ1n) is 17.5. The number of aryl methyl sites for hydroxylation is 1. The van der Waals surface area contributed by atoms with E-state index in [-0.39, 0.29) is 48.0 Å². The van der Waals surface area contributed by atoms with Crippen molar-refractivity contribution >= 4 is 65.8 Å². The summed E-state index contributed by atoms with van der Waals surface area (Å²) >= 11 is 7.65. The molecule has 4 aromatic heterocycles. The molecule has 1 aliphatic heterocycles. The zero-order valence-corrected chi connectivity index (χ0v) is 32.5. The van der Waals surface area contributed by atoms with Crippen molar-refractivity contribution in [3.63, 3.8) is 0 Å². The fraction of sp³-hybridized carbons (Fsp3) is 0.368. The number of alkyl halides is 2. The maximum atomic E-state index is 14.1. The van der Waals surface area contributed by atoms with Gasteiger partial charge in [-0.1, -0.05) is 23.4 Å². The number of likely N-dealkylation sites (tertiary alicyclic amines) is 1. The highest BCUT2D eigenvalue weighted by molar-refractivity contribution is 7.89. The quantitative estimate of drug-likeness (QED) is 0.193. The van der Waals surface area contributed by atoms with Gasteiger partial charge in [0.15, 0.2) is 0 Å². The first kappa shape index (κ1) is 38.3.